The Kier molecular flexibility index (Phi) is 1.74. The maximum atomic E-state index is 4.41. The van der Waals surface area contributed by atoms with Crippen LogP contribution in [0.2, 0.25) is 0 Å². The Hall–Kier alpha value is -1.09. The molecule has 2 bridgehead atoms. The number of aromatic nitrogens is 1. The molecule has 2 unspecified atom stereocenters. The van der Waals surface area contributed by atoms with Crippen LogP contribution in [0.4, 0.5) is 5.82 Å². The number of hydrogen-bond acceptors (Lipinski definition) is 3. The van der Waals surface area contributed by atoms with Crippen molar-refractivity contribution in [3.05, 3.63) is 24.4 Å². The van der Waals surface area contributed by atoms with E-state index >= 15 is 0 Å². The maximum absolute atomic E-state index is 4.41. The number of piperazine rings is 1. The van der Waals surface area contributed by atoms with Gasteiger partial charge >= 0.3 is 0 Å². The summed E-state index contributed by atoms with van der Waals surface area (Å²) in [6, 6.07) is 7.60. The predicted octanol–water partition coefficient (Wildman–Crippen LogP) is 0.974. The zero-order chi connectivity index (χ0) is 9.54. The van der Waals surface area contributed by atoms with E-state index in [1.54, 1.807) is 0 Å². The average molecular weight is 189 g/mol. The zero-order valence-electron chi connectivity index (χ0n) is 8.43. The van der Waals surface area contributed by atoms with Gasteiger partial charge in [-0.25, -0.2) is 4.98 Å². The standard InChI is InChI=1S/C11H15N3/c1-13-7-10-6-9(13)8-14(10)11-4-2-3-5-12-11/h2-5,9-10H,6-8H2,1H3. The highest BCUT2D eigenvalue weighted by atomic mass is 15.4. The van der Waals surface area contributed by atoms with Crippen LogP contribution in [0.25, 0.3) is 0 Å². The SMILES string of the molecule is CN1CC2CC1CN2c1ccccn1. The van der Waals surface area contributed by atoms with Crippen LogP contribution in [-0.4, -0.2) is 42.1 Å². The molecule has 3 heteroatoms. The molecule has 1 aromatic rings. The summed E-state index contributed by atoms with van der Waals surface area (Å²) in [6.45, 7) is 2.35. The second-order valence-electron chi connectivity index (χ2n) is 4.32. The third kappa shape index (κ3) is 1.12. The topological polar surface area (TPSA) is 19.4 Å². The van der Waals surface area contributed by atoms with E-state index in [4.69, 9.17) is 0 Å². The van der Waals surface area contributed by atoms with Crippen molar-refractivity contribution in [2.45, 2.75) is 18.5 Å². The Morgan fingerprint density at radius 3 is 2.79 bits per heavy atom. The van der Waals surface area contributed by atoms with Gasteiger partial charge in [0.15, 0.2) is 0 Å². The van der Waals surface area contributed by atoms with E-state index in [2.05, 4.69) is 34.0 Å². The van der Waals surface area contributed by atoms with Gasteiger partial charge in [-0.15, -0.1) is 0 Å². The summed E-state index contributed by atoms with van der Waals surface area (Å²) in [5.41, 5.74) is 0. The van der Waals surface area contributed by atoms with Crippen molar-refractivity contribution in [3.63, 3.8) is 0 Å². The highest BCUT2D eigenvalue weighted by Gasteiger charge is 2.41. The molecule has 3 heterocycles. The van der Waals surface area contributed by atoms with Crippen LogP contribution in [0.5, 0.6) is 0 Å². The van der Waals surface area contributed by atoms with Gasteiger partial charge in [0.05, 0.1) is 0 Å². The largest absolute Gasteiger partial charge is 0.351 e. The normalized spacial score (nSPS) is 31.4. The van der Waals surface area contributed by atoms with Gasteiger partial charge < -0.3 is 4.90 Å². The first kappa shape index (κ1) is 8.24. The monoisotopic (exact) mass is 189 g/mol. The molecule has 2 fully saturated rings. The Morgan fingerprint density at radius 1 is 1.29 bits per heavy atom. The Morgan fingerprint density at radius 2 is 2.21 bits per heavy atom. The van der Waals surface area contributed by atoms with Crippen LogP contribution in [0.3, 0.4) is 0 Å². The first-order valence-electron chi connectivity index (χ1n) is 5.22. The molecule has 14 heavy (non-hydrogen) atoms. The zero-order valence-corrected chi connectivity index (χ0v) is 8.43. The molecule has 3 nitrogen and oxygen atoms in total. The van der Waals surface area contributed by atoms with Gasteiger partial charge in [0.25, 0.3) is 0 Å². The molecule has 0 spiro atoms. The minimum atomic E-state index is 0.694. The first-order chi connectivity index (χ1) is 6.84. The van der Waals surface area contributed by atoms with Crippen molar-refractivity contribution < 1.29 is 0 Å². The van der Waals surface area contributed by atoms with Crippen molar-refractivity contribution in [2.24, 2.45) is 0 Å². The van der Waals surface area contributed by atoms with Gasteiger partial charge in [-0.1, -0.05) is 6.07 Å². The fraction of sp³-hybridized carbons (Fsp3) is 0.545. The van der Waals surface area contributed by atoms with E-state index in [1.807, 2.05) is 12.3 Å². The number of pyridine rings is 1. The van der Waals surface area contributed by atoms with Gasteiger partial charge in [0.1, 0.15) is 5.82 Å². The lowest BCUT2D eigenvalue weighted by molar-refractivity contribution is 0.292. The van der Waals surface area contributed by atoms with Gasteiger partial charge in [-0.05, 0) is 25.6 Å². The van der Waals surface area contributed by atoms with Crippen LogP contribution < -0.4 is 4.90 Å². The summed E-state index contributed by atoms with van der Waals surface area (Å²) in [6.07, 6.45) is 3.19. The number of fused-ring (bicyclic) bond motifs is 2. The van der Waals surface area contributed by atoms with Crippen molar-refractivity contribution in [2.75, 3.05) is 25.0 Å². The summed E-state index contributed by atoms with van der Waals surface area (Å²) < 4.78 is 0. The Bertz CT molecular complexity index is 323. The summed E-state index contributed by atoms with van der Waals surface area (Å²) in [4.78, 5) is 9.32. The average Bonchev–Trinajstić information content (AvgIpc) is 2.77. The van der Waals surface area contributed by atoms with Crippen molar-refractivity contribution in [1.29, 1.82) is 0 Å². The summed E-state index contributed by atoms with van der Waals surface area (Å²) in [5, 5.41) is 0. The van der Waals surface area contributed by atoms with Gasteiger partial charge in [-0.3, -0.25) is 4.90 Å². The molecule has 3 rings (SSSR count). The molecule has 0 N–H and O–H groups in total. The molecule has 0 aromatic carbocycles. The smallest absolute Gasteiger partial charge is 0.128 e. The lowest BCUT2D eigenvalue weighted by atomic mass is 10.2. The second kappa shape index (κ2) is 2.95. The quantitative estimate of drug-likeness (QED) is 0.656. The van der Waals surface area contributed by atoms with Crippen molar-refractivity contribution >= 4 is 5.82 Å². The predicted molar refractivity (Wildman–Crippen MR) is 56.4 cm³/mol. The number of hydrogen-bond donors (Lipinski definition) is 0. The van der Waals surface area contributed by atoms with E-state index in [0.29, 0.717) is 6.04 Å². The number of likely N-dealkylation sites (tertiary alicyclic amines) is 1. The third-order valence-electron chi connectivity index (χ3n) is 3.46. The minimum absolute atomic E-state index is 0.694. The van der Waals surface area contributed by atoms with Crippen LogP contribution >= 0.6 is 0 Å². The molecule has 2 aliphatic heterocycles. The van der Waals surface area contributed by atoms with E-state index in [-0.39, 0.29) is 0 Å². The third-order valence-corrected chi connectivity index (χ3v) is 3.46. The molecule has 0 aliphatic carbocycles. The Labute approximate surface area is 84.3 Å². The van der Waals surface area contributed by atoms with Crippen LogP contribution in [-0.2, 0) is 0 Å². The molecule has 0 amide bonds. The summed E-state index contributed by atoms with van der Waals surface area (Å²) in [7, 11) is 2.22. The lowest BCUT2D eigenvalue weighted by Crippen LogP contribution is -2.44. The van der Waals surface area contributed by atoms with Crippen molar-refractivity contribution in [1.82, 2.24) is 9.88 Å². The van der Waals surface area contributed by atoms with Crippen LogP contribution in [0.15, 0.2) is 24.4 Å². The van der Waals surface area contributed by atoms with Gasteiger partial charge in [-0.2, -0.15) is 0 Å². The van der Waals surface area contributed by atoms with E-state index in [1.165, 1.54) is 13.0 Å². The van der Waals surface area contributed by atoms with Crippen LogP contribution in [0, 0.1) is 0 Å². The lowest BCUT2D eigenvalue weighted by Gasteiger charge is -2.32. The van der Waals surface area contributed by atoms with E-state index in [0.717, 1.165) is 18.4 Å². The second-order valence-corrected chi connectivity index (χ2v) is 4.32. The number of nitrogens with zero attached hydrogens (tertiary/aromatic N) is 3. The molecule has 0 saturated carbocycles. The van der Waals surface area contributed by atoms with Crippen molar-refractivity contribution in [3.8, 4) is 0 Å². The fourth-order valence-corrected chi connectivity index (χ4v) is 2.67. The molecule has 1 aromatic heterocycles. The maximum Gasteiger partial charge on any atom is 0.128 e. The first-order valence-corrected chi connectivity index (χ1v) is 5.22. The van der Waals surface area contributed by atoms with E-state index < -0.39 is 0 Å². The van der Waals surface area contributed by atoms with E-state index in [9.17, 15) is 0 Å². The molecular formula is C11H15N3. The highest BCUT2D eigenvalue weighted by molar-refractivity contribution is 5.42. The van der Waals surface area contributed by atoms with Gasteiger partial charge in [0.2, 0.25) is 0 Å². The summed E-state index contributed by atoms with van der Waals surface area (Å²) >= 11 is 0. The molecule has 2 atom stereocenters. The number of anilines is 1. The molecule has 0 radical (unpaired) electrons. The number of likely N-dealkylation sites (N-methyl/N-ethyl adjacent to an activating group) is 1. The highest BCUT2D eigenvalue weighted by Crippen LogP contribution is 2.32. The van der Waals surface area contributed by atoms with Gasteiger partial charge in [0, 0.05) is 31.4 Å². The fourth-order valence-electron chi connectivity index (χ4n) is 2.67. The number of rotatable bonds is 1. The molecular weight excluding hydrogens is 174 g/mol. The Balaban J connectivity index is 1.84. The molecule has 74 valence electrons. The molecule has 2 aliphatic rings. The minimum Gasteiger partial charge on any atom is -0.351 e. The molecule has 2 saturated heterocycles. The summed E-state index contributed by atoms with van der Waals surface area (Å²) in [5.74, 6) is 1.15. The van der Waals surface area contributed by atoms with Crippen LogP contribution in [0.1, 0.15) is 6.42 Å².